The molecule has 1 amide bonds. The van der Waals surface area contributed by atoms with E-state index in [2.05, 4.69) is 0 Å². The number of morpholine rings is 2. The van der Waals surface area contributed by atoms with Crippen molar-refractivity contribution in [1.82, 2.24) is 9.21 Å². The molecule has 8 nitrogen and oxygen atoms in total. The highest BCUT2D eigenvalue weighted by molar-refractivity contribution is 7.89. The van der Waals surface area contributed by atoms with E-state index in [1.807, 2.05) is 0 Å². The first-order chi connectivity index (χ1) is 15.4. The van der Waals surface area contributed by atoms with Crippen LogP contribution in [0.5, 0.6) is 0 Å². The molecule has 0 radical (unpaired) electrons. The van der Waals surface area contributed by atoms with E-state index in [4.69, 9.17) is 25.8 Å². The van der Waals surface area contributed by atoms with Crippen LogP contribution in [-0.2, 0) is 24.2 Å². The first-order valence-corrected chi connectivity index (χ1v) is 13.1. The number of nitrogens with zero attached hydrogens (tertiary/aromatic N) is 2. The molecule has 1 aromatic carbocycles. The first-order valence-electron chi connectivity index (χ1n) is 11.3. The summed E-state index contributed by atoms with van der Waals surface area (Å²) >= 11 is 6.00. The van der Waals surface area contributed by atoms with Gasteiger partial charge >= 0.3 is 6.09 Å². The van der Waals surface area contributed by atoms with Gasteiger partial charge in [-0.25, -0.2) is 13.2 Å². The van der Waals surface area contributed by atoms with Crippen LogP contribution in [-0.4, -0.2) is 80.9 Å². The number of rotatable bonds is 6. The maximum atomic E-state index is 13.8. The van der Waals surface area contributed by atoms with E-state index >= 15 is 0 Å². The fraction of sp³-hybridized carbons (Fsp3) is 0.682. The third-order valence-electron chi connectivity index (χ3n) is 6.85. The minimum absolute atomic E-state index is 0.199. The van der Waals surface area contributed by atoms with Crippen LogP contribution >= 0.6 is 11.6 Å². The Balaban J connectivity index is 1.43. The van der Waals surface area contributed by atoms with Crippen molar-refractivity contribution in [1.29, 1.82) is 0 Å². The summed E-state index contributed by atoms with van der Waals surface area (Å²) in [5.41, 5.74) is -0.850. The monoisotopic (exact) mass is 484 g/mol. The molecule has 4 aliphatic rings. The molecule has 0 spiro atoms. The van der Waals surface area contributed by atoms with Crippen LogP contribution < -0.4 is 0 Å². The van der Waals surface area contributed by atoms with Crippen molar-refractivity contribution in [2.75, 3.05) is 39.5 Å². The van der Waals surface area contributed by atoms with E-state index in [0.717, 1.165) is 19.3 Å². The molecule has 0 bridgehead atoms. The van der Waals surface area contributed by atoms with Crippen LogP contribution in [0.15, 0.2) is 29.2 Å². The van der Waals surface area contributed by atoms with Crippen LogP contribution in [0.3, 0.4) is 0 Å². The summed E-state index contributed by atoms with van der Waals surface area (Å²) < 4.78 is 46.5. The Morgan fingerprint density at radius 2 is 1.78 bits per heavy atom. The van der Waals surface area contributed by atoms with Gasteiger partial charge in [-0.2, -0.15) is 4.31 Å². The van der Waals surface area contributed by atoms with Gasteiger partial charge in [0.05, 0.1) is 37.4 Å². The predicted octanol–water partition coefficient (Wildman–Crippen LogP) is 2.90. The Hall–Kier alpha value is -1.39. The van der Waals surface area contributed by atoms with Crippen LogP contribution in [0, 0.1) is 5.92 Å². The number of ether oxygens (including phenoxy) is 3. The first kappa shape index (κ1) is 22.4. The summed E-state index contributed by atoms with van der Waals surface area (Å²) in [7, 11) is -3.83. The number of benzene rings is 1. The van der Waals surface area contributed by atoms with Crippen molar-refractivity contribution in [3.8, 4) is 0 Å². The van der Waals surface area contributed by atoms with Gasteiger partial charge in [-0.15, -0.1) is 0 Å². The lowest BCUT2D eigenvalue weighted by Gasteiger charge is -2.44. The van der Waals surface area contributed by atoms with Crippen LogP contribution in [0.25, 0.3) is 0 Å². The molecule has 0 N–H and O–H groups in total. The zero-order valence-corrected chi connectivity index (χ0v) is 19.5. The molecule has 32 heavy (non-hydrogen) atoms. The number of carbonyl (C=O) groups is 1. The Labute approximate surface area is 193 Å². The molecule has 0 aromatic heterocycles. The van der Waals surface area contributed by atoms with Gasteiger partial charge in [0.1, 0.15) is 5.60 Å². The van der Waals surface area contributed by atoms with Crippen molar-refractivity contribution in [2.24, 2.45) is 5.92 Å². The Kier molecular flexibility index (Phi) is 6.13. The molecular weight excluding hydrogens is 456 g/mol. The zero-order valence-electron chi connectivity index (χ0n) is 17.9. The molecule has 4 fully saturated rings. The van der Waals surface area contributed by atoms with Crippen molar-refractivity contribution >= 4 is 27.7 Å². The quantitative estimate of drug-likeness (QED) is 0.617. The molecule has 5 rings (SSSR count). The van der Waals surface area contributed by atoms with Crippen molar-refractivity contribution in [3.05, 3.63) is 29.3 Å². The Morgan fingerprint density at radius 3 is 2.41 bits per heavy atom. The largest absolute Gasteiger partial charge is 0.441 e. The highest BCUT2D eigenvalue weighted by Gasteiger charge is 2.60. The number of carbonyl (C=O) groups excluding carboxylic acids is 1. The van der Waals surface area contributed by atoms with E-state index in [0.29, 0.717) is 56.7 Å². The van der Waals surface area contributed by atoms with Crippen molar-refractivity contribution in [2.45, 2.75) is 54.7 Å². The second kappa shape index (κ2) is 8.76. The minimum atomic E-state index is -3.83. The van der Waals surface area contributed by atoms with Crippen LogP contribution in [0.2, 0.25) is 5.02 Å². The summed E-state index contributed by atoms with van der Waals surface area (Å²) in [5, 5.41) is 0.482. The third-order valence-corrected chi connectivity index (χ3v) is 9.08. The molecule has 2 atom stereocenters. The van der Waals surface area contributed by atoms with Gasteiger partial charge in [-0.3, -0.25) is 0 Å². The fourth-order valence-corrected chi connectivity index (χ4v) is 6.69. The standard InChI is InChI=1S/C22H29ClN2O6S/c23-17-3-5-19(6-4-17)32(27,28)25-18(13-16-1-2-16)14-30-15-20(25)22(7-8-22)31-21(26)24-9-11-29-12-10-24/h3-6,16,18,20H,1-2,7-15H2/t18-,20-/m1/s1. The van der Waals surface area contributed by atoms with E-state index in [9.17, 15) is 13.2 Å². The Bertz CT molecular complexity index is 942. The summed E-state index contributed by atoms with van der Waals surface area (Å²) in [6, 6.07) is 5.43. The van der Waals surface area contributed by atoms with Gasteiger partial charge in [0.15, 0.2) is 0 Å². The second-order valence-electron chi connectivity index (χ2n) is 9.21. The minimum Gasteiger partial charge on any atom is -0.441 e. The lowest BCUT2D eigenvalue weighted by atomic mass is 10.0. The van der Waals surface area contributed by atoms with E-state index in [1.54, 1.807) is 21.3 Å². The average Bonchev–Trinajstić information content (AvgIpc) is 3.72. The van der Waals surface area contributed by atoms with Crippen molar-refractivity contribution < 1.29 is 27.4 Å². The molecule has 2 saturated heterocycles. The van der Waals surface area contributed by atoms with Gasteiger partial charge in [-0.1, -0.05) is 24.4 Å². The number of hydrogen-bond donors (Lipinski definition) is 0. The third kappa shape index (κ3) is 4.50. The van der Waals surface area contributed by atoms with Gasteiger partial charge < -0.3 is 19.1 Å². The number of hydrogen-bond acceptors (Lipinski definition) is 6. The molecule has 2 saturated carbocycles. The van der Waals surface area contributed by atoms with Gasteiger partial charge in [0, 0.05) is 24.2 Å². The molecule has 2 aliphatic heterocycles. The lowest BCUT2D eigenvalue weighted by Crippen LogP contribution is -2.61. The fourth-order valence-electron chi connectivity index (χ4n) is 4.71. The van der Waals surface area contributed by atoms with Gasteiger partial charge in [-0.05, 0) is 49.4 Å². The normalized spacial score (nSPS) is 28.3. The van der Waals surface area contributed by atoms with Crippen molar-refractivity contribution in [3.63, 3.8) is 0 Å². The summed E-state index contributed by atoms with van der Waals surface area (Å²) in [4.78, 5) is 14.7. The maximum Gasteiger partial charge on any atom is 0.410 e. The van der Waals surface area contributed by atoms with E-state index in [1.165, 1.54) is 12.1 Å². The lowest BCUT2D eigenvalue weighted by molar-refractivity contribution is -0.0770. The SMILES string of the molecule is O=C(OC1([C@H]2COC[C@@H](CC3CC3)N2S(=O)(=O)c2ccc(Cl)cc2)CC1)N1CCOCC1. The predicted molar refractivity (Wildman–Crippen MR) is 117 cm³/mol. The summed E-state index contributed by atoms with van der Waals surface area (Å²) in [6.07, 6.45) is 3.84. The topological polar surface area (TPSA) is 85.4 Å². The molecule has 10 heteroatoms. The second-order valence-corrected chi connectivity index (χ2v) is 11.5. The van der Waals surface area contributed by atoms with Crippen LogP contribution in [0.4, 0.5) is 4.79 Å². The molecule has 0 unspecified atom stereocenters. The maximum absolute atomic E-state index is 13.8. The van der Waals surface area contributed by atoms with Crippen LogP contribution in [0.1, 0.15) is 32.1 Å². The average molecular weight is 485 g/mol. The highest BCUT2D eigenvalue weighted by Crippen LogP contribution is 2.49. The number of halogens is 1. The summed E-state index contributed by atoms with van der Waals surface area (Å²) in [5.74, 6) is 0.524. The zero-order chi connectivity index (χ0) is 22.3. The summed E-state index contributed by atoms with van der Waals surface area (Å²) in [6.45, 7) is 2.49. The molecule has 2 heterocycles. The highest BCUT2D eigenvalue weighted by atomic mass is 35.5. The molecular formula is C22H29ClN2O6S. The van der Waals surface area contributed by atoms with Gasteiger partial charge in [0.2, 0.25) is 10.0 Å². The number of sulfonamides is 1. The Morgan fingerprint density at radius 1 is 1.09 bits per heavy atom. The van der Waals surface area contributed by atoms with Gasteiger partial charge in [0.25, 0.3) is 0 Å². The molecule has 1 aromatic rings. The molecule has 176 valence electrons. The number of amides is 1. The molecule has 2 aliphatic carbocycles. The smallest absolute Gasteiger partial charge is 0.410 e. The van der Waals surface area contributed by atoms with E-state index in [-0.39, 0.29) is 17.5 Å². The van der Waals surface area contributed by atoms with E-state index < -0.39 is 27.8 Å².